The predicted octanol–water partition coefficient (Wildman–Crippen LogP) is 3.72. The fourth-order valence-electron chi connectivity index (χ4n) is 3.40. The molecule has 1 amide bonds. The van der Waals surface area contributed by atoms with E-state index in [0.717, 1.165) is 31.4 Å². The van der Waals surface area contributed by atoms with Gasteiger partial charge in [-0.3, -0.25) is 4.79 Å². The van der Waals surface area contributed by atoms with Gasteiger partial charge in [0.15, 0.2) is 0 Å². The number of nitriles is 1. The Morgan fingerprint density at radius 1 is 1.16 bits per heavy atom. The van der Waals surface area contributed by atoms with Crippen molar-refractivity contribution < 1.29 is 13.2 Å². The summed E-state index contributed by atoms with van der Waals surface area (Å²) in [5.41, 5.74) is 1.94. The summed E-state index contributed by atoms with van der Waals surface area (Å²) < 4.78 is 29.7. The Morgan fingerprint density at radius 2 is 1.94 bits per heavy atom. The standard InChI is InChI=1S/C23H26N4O3S/c1-27-15-4-2-3-8-22(27)26-31(29,30)21-7-5-6-20(16-21)25-23(28)14-13-18-9-11-19(17-24)12-10-18/h5-7,9-12,16H,2-4,8,13-15H2,1H3,(H,25,28)/b26-22+. The minimum absolute atomic E-state index is 0.0579. The Kier molecular flexibility index (Phi) is 7.42. The fourth-order valence-corrected chi connectivity index (χ4v) is 4.54. The Hall–Kier alpha value is -3.18. The third kappa shape index (κ3) is 6.40. The van der Waals surface area contributed by atoms with Gasteiger partial charge in [0, 0.05) is 32.1 Å². The van der Waals surface area contributed by atoms with E-state index < -0.39 is 10.0 Å². The molecule has 0 saturated carbocycles. The molecular formula is C23H26N4O3S. The summed E-state index contributed by atoms with van der Waals surface area (Å²) in [6.07, 6.45) is 4.42. The minimum Gasteiger partial charge on any atom is -0.362 e. The van der Waals surface area contributed by atoms with Gasteiger partial charge in [-0.25, -0.2) is 0 Å². The van der Waals surface area contributed by atoms with Crippen molar-refractivity contribution in [3.63, 3.8) is 0 Å². The number of sulfonamides is 1. The molecule has 2 aromatic carbocycles. The molecule has 1 aliphatic heterocycles. The first-order valence-corrected chi connectivity index (χ1v) is 11.8. The maximum Gasteiger partial charge on any atom is 0.284 e. The van der Waals surface area contributed by atoms with Crippen LogP contribution in [0.3, 0.4) is 0 Å². The highest BCUT2D eigenvalue weighted by molar-refractivity contribution is 7.90. The lowest BCUT2D eigenvalue weighted by Crippen LogP contribution is -2.26. The van der Waals surface area contributed by atoms with Crippen LogP contribution in [-0.2, 0) is 21.2 Å². The van der Waals surface area contributed by atoms with Crippen molar-refractivity contribution in [2.45, 2.75) is 43.4 Å². The van der Waals surface area contributed by atoms with Crippen LogP contribution in [0.15, 0.2) is 57.8 Å². The third-order valence-electron chi connectivity index (χ3n) is 5.20. The monoisotopic (exact) mass is 438 g/mol. The highest BCUT2D eigenvalue weighted by atomic mass is 32.2. The Bertz CT molecular complexity index is 1100. The second kappa shape index (κ2) is 10.2. The van der Waals surface area contributed by atoms with Crippen LogP contribution in [0.5, 0.6) is 0 Å². The van der Waals surface area contributed by atoms with E-state index in [-0.39, 0.29) is 17.2 Å². The lowest BCUT2D eigenvalue weighted by Gasteiger charge is -2.17. The van der Waals surface area contributed by atoms with Gasteiger partial charge in [0.1, 0.15) is 5.84 Å². The van der Waals surface area contributed by atoms with Crippen molar-refractivity contribution in [1.82, 2.24) is 4.90 Å². The lowest BCUT2D eigenvalue weighted by atomic mass is 10.1. The lowest BCUT2D eigenvalue weighted by molar-refractivity contribution is -0.116. The summed E-state index contributed by atoms with van der Waals surface area (Å²) in [5, 5.41) is 11.6. The average molecular weight is 439 g/mol. The van der Waals surface area contributed by atoms with Crippen LogP contribution in [0.2, 0.25) is 0 Å². The molecule has 3 rings (SSSR count). The minimum atomic E-state index is -3.86. The number of anilines is 1. The number of benzene rings is 2. The normalized spacial score (nSPS) is 15.9. The molecule has 1 heterocycles. The maximum absolute atomic E-state index is 12.8. The van der Waals surface area contributed by atoms with Gasteiger partial charge in [0.05, 0.1) is 16.5 Å². The fraction of sp³-hybridized carbons (Fsp3) is 0.348. The van der Waals surface area contributed by atoms with Crippen LogP contribution in [0.25, 0.3) is 0 Å². The molecule has 0 aromatic heterocycles. The molecule has 1 fully saturated rings. The van der Waals surface area contributed by atoms with Gasteiger partial charge < -0.3 is 10.2 Å². The molecule has 1 aliphatic rings. The molecule has 0 bridgehead atoms. The first kappa shape index (κ1) is 22.5. The van der Waals surface area contributed by atoms with Crippen molar-refractivity contribution >= 4 is 27.5 Å². The summed E-state index contributed by atoms with van der Waals surface area (Å²) >= 11 is 0. The number of rotatable bonds is 6. The molecule has 162 valence electrons. The summed E-state index contributed by atoms with van der Waals surface area (Å²) in [4.78, 5) is 14.3. The number of likely N-dealkylation sites (tertiary alicyclic amines) is 1. The van der Waals surface area contributed by atoms with Gasteiger partial charge >= 0.3 is 0 Å². The molecule has 7 nitrogen and oxygen atoms in total. The molecule has 0 spiro atoms. The van der Waals surface area contributed by atoms with Crippen LogP contribution in [0, 0.1) is 11.3 Å². The van der Waals surface area contributed by atoms with Gasteiger partial charge in [-0.15, -0.1) is 4.40 Å². The molecule has 1 N–H and O–H groups in total. The van der Waals surface area contributed by atoms with Gasteiger partial charge in [-0.1, -0.05) is 24.6 Å². The van der Waals surface area contributed by atoms with Crippen molar-refractivity contribution in [2.75, 3.05) is 18.9 Å². The average Bonchev–Trinajstić information content (AvgIpc) is 2.96. The summed E-state index contributed by atoms with van der Waals surface area (Å²) in [5.74, 6) is 0.364. The maximum atomic E-state index is 12.8. The first-order valence-electron chi connectivity index (χ1n) is 10.3. The SMILES string of the molecule is CN1CCCCC/C1=N\S(=O)(=O)c1cccc(NC(=O)CCc2ccc(C#N)cc2)c1. The van der Waals surface area contributed by atoms with Crippen LogP contribution in [-0.4, -0.2) is 38.7 Å². The van der Waals surface area contributed by atoms with Crippen LogP contribution in [0.4, 0.5) is 5.69 Å². The zero-order valence-corrected chi connectivity index (χ0v) is 18.4. The Morgan fingerprint density at radius 3 is 2.68 bits per heavy atom. The number of amidine groups is 1. The largest absolute Gasteiger partial charge is 0.362 e. The Labute approximate surface area is 183 Å². The number of carbonyl (C=O) groups excluding carboxylic acids is 1. The summed E-state index contributed by atoms with van der Waals surface area (Å²) in [6, 6.07) is 15.3. The smallest absolute Gasteiger partial charge is 0.284 e. The molecule has 2 aromatic rings. The third-order valence-corrected chi connectivity index (χ3v) is 6.50. The zero-order valence-electron chi connectivity index (χ0n) is 17.5. The number of hydrogen-bond donors (Lipinski definition) is 1. The van der Waals surface area contributed by atoms with E-state index in [9.17, 15) is 13.2 Å². The second-order valence-electron chi connectivity index (χ2n) is 7.60. The van der Waals surface area contributed by atoms with Crippen LogP contribution < -0.4 is 5.32 Å². The Balaban J connectivity index is 1.66. The quantitative estimate of drug-likeness (QED) is 0.740. The van der Waals surface area contributed by atoms with Crippen LogP contribution >= 0.6 is 0 Å². The van der Waals surface area contributed by atoms with Gasteiger partial charge in [-0.2, -0.15) is 13.7 Å². The number of nitrogens with one attached hydrogen (secondary N) is 1. The number of hydrogen-bond acceptors (Lipinski definition) is 4. The number of carbonyl (C=O) groups is 1. The van der Waals surface area contributed by atoms with Crippen LogP contribution in [0.1, 0.15) is 43.2 Å². The highest BCUT2D eigenvalue weighted by Gasteiger charge is 2.19. The van der Waals surface area contributed by atoms with Crippen molar-refractivity contribution in [3.8, 4) is 6.07 Å². The first-order chi connectivity index (χ1) is 14.9. The zero-order chi connectivity index (χ0) is 22.3. The number of nitrogens with zero attached hydrogens (tertiary/aromatic N) is 3. The topological polar surface area (TPSA) is 103 Å². The van der Waals surface area contributed by atoms with E-state index in [1.165, 1.54) is 12.1 Å². The van der Waals surface area contributed by atoms with E-state index >= 15 is 0 Å². The van der Waals surface area contributed by atoms with E-state index in [1.807, 2.05) is 24.1 Å². The predicted molar refractivity (Wildman–Crippen MR) is 120 cm³/mol. The number of aryl methyl sites for hydroxylation is 1. The number of amides is 1. The second-order valence-corrected chi connectivity index (χ2v) is 9.20. The van der Waals surface area contributed by atoms with Crippen molar-refractivity contribution in [3.05, 3.63) is 59.7 Å². The molecule has 31 heavy (non-hydrogen) atoms. The van der Waals surface area contributed by atoms with E-state index in [1.54, 1.807) is 24.3 Å². The molecule has 8 heteroatoms. The van der Waals surface area contributed by atoms with Gasteiger partial charge in [-0.05, 0) is 55.2 Å². The molecule has 0 unspecified atom stereocenters. The van der Waals surface area contributed by atoms with Crippen molar-refractivity contribution in [2.24, 2.45) is 4.40 Å². The molecule has 1 saturated heterocycles. The van der Waals surface area contributed by atoms with E-state index in [4.69, 9.17) is 5.26 Å². The van der Waals surface area contributed by atoms with Gasteiger partial charge in [0.2, 0.25) is 5.91 Å². The summed E-state index contributed by atoms with van der Waals surface area (Å²) in [6.45, 7) is 0.795. The van der Waals surface area contributed by atoms with E-state index in [0.29, 0.717) is 29.9 Å². The highest BCUT2D eigenvalue weighted by Crippen LogP contribution is 2.20. The van der Waals surface area contributed by atoms with Crippen molar-refractivity contribution in [1.29, 1.82) is 5.26 Å². The van der Waals surface area contributed by atoms with Gasteiger partial charge in [0.25, 0.3) is 10.0 Å². The molecule has 0 radical (unpaired) electrons. The molecular weight excluding hydrogens is 412 g/mol. The van der Waals surface area contributed by atoms with E-state index in [2.05, 4.69) is 15.8 Å². The molecule has 0 atom stereocenters. The molecule has 0 aliphatic carbocycles. The summed E-state index contributed by atoms with van der Waals surface area (Å²) in [7, 11) is -2.00.